The minimum atomic E-state index is -0.0855. The van der Waals surface area contributed by atoms with Gasteiger partial charge in [-0.2, -0.15) is 0 Å². The first-order valence-corrected chi connectivity index (χ1v) is 9.68. The Morgan fingerprint density at radius 2 is 1.48 bits per heavy atom. The normalized spacial score (nSPS) is 47.0. The van der Waals surface area contributed by atoms with Crippen LogP contribution < -0.4 is 11.4 Å². The molecule has 5 heteroatoms. The number of nitrogens with zero attached hydrogens (tertiary/aromatic N) is 3. The summed E-state index contributed by atoms with van der Waals surface area (Å²) in [5, 5.41) is 0. The highest BCUT2D eigenvalue weighted by atomic mass is 16.2. The van der Waals surface area contributed by atoms with E-state index in [4.69, 9.17) is 0 Å². The van der Waals surface area contributed by atoms with Gasteiger partial charge >= 0.3 is 11.4 Å². The van der Waals surface area contributed by atoms with Crippen molar-refractivity contribution < 1.29 is 0 Å². The second-order valence-corrected chi connectivity index (χ2v) is 9.66. The smallest absolute Gasteiger partial charge is 0.246 e. The van der Waals surface area contributed by atoms with Crippen molar-refractivity contribution in [3.63, 3.8) is 0 Å². The first kappa shape index (κ1) is 14.4. The van der Waals surface area contributed by atoms with E-state index < -0.39 is 0 Å². The molecule has 0 spiro atoms. The molecule has 7 atom stereocenters. The highest BCUT2D eigenvalue weighted by Crippen LogP contribution is 2.69. The van der Waals surface area contributed by atoms with Crippen LogP contribution in [0.3, 0.4) is 0 Å². The number of aromatic nitrogens is 3. The predicted molar refractivity (Wildman–Crippen MR) is 94.6 cm³/mol. The number of allylic oxidation sites excluding steroid dienone is 4. The van der Waals surface area contributed by atoms with E-state index in [0.717, 1.165) is 12.8 Å². The summed E-state index contributed by atoms with van der Waals surface area (Å²) in [7, 11) is 0. The Morgan fingerprint density at radius 3 is 1.88 bits per heavy atom. The van der Waals surface area contributed by atoms with Gasteiger partial charge in [-0.15, -0.1) is 0 Å². The molecule has 4 aliphatic carbocycles. The van der Waals surface area contributed by atoms with E-state index >= 15 is 0 Å². The topological polar surface area (TPSA) is 48.9 Å². The first-order chi connectivity index (χ1) is 11.9. The molecule has 2 aliphatic heterocycles. The zero-order valence-electron chi connectivity index (χ0n) is 15.1. The fraction of sp³-hybridized carbons (Fsp3) is 0.700. The van der Waals surface area contributed by atoms with E-state index in [2.05, 4.69) is 45.1 Å². The molecule has 25 heavy (non-hydrogen) atoms. The summed E-state index contributed by atoms with van der Waals surface area (Å²) in [6.07, 6.45) is 12.0. The molecule has 7 rings (SSSR count). The van der Waals surface area contributed by atoms with E-state index in [1.165, 1.54) is 6.42 Å². The van der Waals surface area contributed by atoms with E-state index in [-0.39, 0.29) is 40.3 Å². The van der Waals surface area contributed by atoms with Crippen molar-refractivity contribution >= 4 is 0 Å². The van der Waals surface area contributed by atoms with Gasteiger partial charge in [-0.3, -0.25) is 0 Å². The number of fused-ring (bicyclic) bond motifs is 2. The van der Waals surface area contributed by atoms with Gasteiger partial charge in [0.25, 0.3) is 0 Å². The van der Waals surface area contributed by atoms with E-state index in [1.54, 1.807) is 13.9 Å². The van der Waals surface area contributed by atoms with Crippen LogP contribution in [0.25, 0.3) is 0 Å². The van der Waals surface area contributed by atoms with Crippen LogP contribution >= 0.6 is 0 Å². The molecule has 1 aromatic rings. The molecule has 5 nitrogen and oxygen atoms in total. The molecule has 3 heterocycles. The van der Waals surface area contributed by atoms with Crippen molar-refractivity contribution in [3.8, 4) is 0 Å². The van der Waals surface area contributed by atoms with Gasteiger partial charge in [0.1, 0.15) is 0 Å². The second-order valence-electron chi connectivity index (χ2n) is 9.66. The zero-order chi connectivity index (χ0) is 17.3. The quantitative estimate of drug-likeness (QED) is 0.739. The fourth-order valence-corrected chi connectivity index (χ4v) is 6.87. The van der Waals surface area contributed by atoms with Crippen molar-refractivity contribution in [2.75, 3.05) is 0 Å². The maximum atomic E-state index is 13.4. The Hall–Kier alpha value is -1.78. The van der Waals surface area contributed by atoms with Gasteiger partial charge < -0.3 is 0 Å². The first-order valence-electron chi connectivity index (χ1n) is 9.68. The van der Waals surface area contributed by atoms with Gasteiger partial charge in [0.2, 0.25) is 0 Å². The van der Waals surface area contributed by atoms with Crippen LogP contribution in [0.1, 0.15) is 58.2 Å². The Bertz CT molecular complexity index is 921. The van der Waals surface area contributed by atoms with Crippen LogP contribution in [-0.4, -0.2) is 13.9 Å². The molecule has 0 aromatic carbocycles. The lowest BCUT2D eigenvalue weighted by molar-refractivity contribution is 0.103. The van der Waals surface area contributed by atoms with E-state index in [0.29, 0.717) is 17.8 Å². The molecule has 1 aromatic heterocycles. The summed E-state index contributed by atoms with van der Waals surface area (Å²) >= 11 is 0. The third kappa shape index (κ3) is 1.31. The minimum absolute atomic E-state index is 0.0147. The lowest BCUT2D eigenvalue weighted by Gasteiger charge is -2.47. The van der Waals surface area contributed by atoms with E-state index in [1.807, 2.05) is 0 Å². The van der Waals surface area contributed by atoms with Gasteiger partial charge in [0, 0.05) is 17.9 Å². The average Bonchev–Trinajstić information content (AvgIpc) is 3.00. The van der Waals surface area contributed by atoms with Crippen molar-refractivity contribution in [2.24, 2.45) is 28.6 Å². The molecule has 132 valence electrons. The predicted octanol–water partition coefficient (Wildman–Crippen LogP) is 2.67. The average molecular weight is 339 g/mol. The highest BCUT2D eigenvalue weighted by Gasteiger charge is 2.63. The summed E-state index contributed by atoms with van der Waals surface area (Å²) in [5.41, 5.74) is 0.0482. The standard InChI is InChI=1S/C20H25N3O2/c1-19(2)11-8-9-20(19,3)16(10-11)21-17(24)22-14-6-7-15(23(22)18(21)25)13-5-4-12(13)14/h4-7,11-16H,8-10H2,1-3H3/t11-,12+,13+,14-,15-,16-,20-/m1/s1. The summed E-state index contributed by atoms with van der Waals surface area (Å²) in [4.78, 5) is 26.7. The van der Waals surface area contributed by atoms with Crippen molar-refractivity contribution in [3.05, 3.63) is 45.3 Å². The molecular formula is C20H25N3O2. The van der Waals surface area contributed by atoms with Crippen LogP contribution in [0.2, 0.25) is 0 Å². The second kappa shape index (κ2) is 3.97. The molecule has 0 N–H and O–H groups in total. The summed E-state index contributed by atoms with van der Waals surface area (Å²) in [6, 6.07) is 0.0681. The van der Waals surface area contributed by atoms with Gasteiger partial charge in [0.15, 0.2) is 0 Å². The monoisotopic (exact) mass is 339 g/mol. The largest absolute Gasteiger partial charge is 0.348 e. The van der Waals surface area contributed by atoms with Crippen LogP contribution in [0.4, 0.5) is 0 Å². The third-order valence-electron chi connectivity index (χ3n) is 8.95. The SMILES string of the molecule is CC1(C)[C@@H]2CC[C@]1(C)[C@H](n1c(=O)n3n(c1=O)[C@@H]1C=C[C@@H]3[C@H]3C=C[C@@H]31)C2. The highest BCUT2D eigenvalue weighted by molar-refractivity contribution is 5.27. The van der Waals surface area contributed by atoms with Crippen LogP contribution in [0.15, 0.2) is 33.9 Å². The van der Waals surface area contributed by atoms with Crippen molar-refractivity contribution in [1.82, 2.24) is 13.9 Å². The Kier molecular flexibility index (Phi) is 2.28. The maximum absolute atomic E-state index is 13.4. The van der Waals surface area contributed by atoms with Crippen LogP contribution in [0, 0.1) is 28.6 Å². The Morgan fingerprint density at radius 1 is 0.920 bits per heavy atom. The molecule has 0 saturated heterocycles. The summed E-state index contributed by atoms with van der Waals surface area (Å²) < 4.78 is 5.17. The van der Waals surface area contributed by atoms with Crippen molar-refractivity contribution in [2.45, 2.75) is 58.2 Å². The molecule has 0 unspecified atom stereocenters. The number of rotatable bonds is 1. The number of hydrogen-bond donors (Lipinski definition) is 0. The Labute approximate surface area is 146 Å². The Balaban J connectivity index is 1.57. The third-order valence-corrected chi connectivity index (χ3v) is 8.95. The van der Waals surface area contributed by atoms with Gasteiger partial charge in [-0.05, 0) is 36.0 Å². The lowest BCUT2D eigenvalue weighted by Crippen LogP contribution is -2.50. The molecule has 6 aliphatic rings. The molecule has 0 radical (unpaired) electrons. The lowest BCUT2D eigenvalue weighted by atomic mass is 9.68. The van der Waals surface area contributed by atoms with Crippen LogP contribution in [-0.2, 0) is 0 Å². The zero-order valence-corrected chi connectivity index (χ0v) is 15.1. The minimum Gasteiger partial charge on any atom is -0.246 e. The van der Waals surface area contributed by atoms with Crippen molar-refractivity contribution in [1.29, 1.82) is 0 Å². The van der Waals surface area contributed by atoms with Gasteiger partial charge in [0.05, 0.1) is 12.1 Å². The fourth-order valence-electron chi connectivity index (χ4n) is 6.87. The van der Waals surface area contributed by atoms with Crippen LogP contribution in [0.5, 0.6) is 0 Å². The molecule has 2 saturated carbocycles. The summed E-state index contributed by atoms with van der Waals surface area (Å²) in [6.45, 7) is 6.97. The molecule has 2 fully saturated rings. The molecule has 4 bridgehead atoms. The number of hydrogen-bond acceptors (Lipinski definition) is 2. The maximum Gasteiger partial charge on any atom is 0.348 e. The van der Waals surface area contributed by atoms with Gasteiger partial charge in [-0.25, -0.2) is 23.5 Å². The van der Waals surface area contributed by atoms with E-state index in [9.17, 15) is 9.59 Å². The molecular weight excluding hydrogens is 314 g/mol. The summed E-state index contributed by atoms with van der Waals surface area (Å²) in [5.74, 6) is 1.38. The molecule has 0 amide bonds. The van der Waals surface area contributed by atoms with Gasteiger partial charge in [-0.1, -0.05) is 45.1 Å².